The van der Waals surface area contributed by atoms with Crippen LogP contribution in [0.5, 0.6) is 0 Å². The molecule has 5 heteroatoms. The molecule has 0 radical (unpaired) electrons. The zero-order chi connectivity index (χ0) is 11.8. The summed E-state index contributed by atoms with van der Waals surface area (Å²) in [5.74, 6) is -0.343. The van der Waals surface area contributed by atoms with Crippen molar-refractivity contribution in [3.05, 3.63) is 11.8 Å². The van der Waals surface area contributed by atoms with Crippen molar-refractivity contribution in [3.63, 3.8) is 0 Å². The molecule has 2 aliphatic rings. The lowest BCUT2D eigenvalue weighted by Crippen LogP contribution is -2.27. The summed E-state index contributed by atoms with van der Waals surface area (Å²) < 4.78 is 5.25. The van der Waals surface area contributed by atoms with E-state index in [9.17, 15) is 4.79 Å². The molecule has 16 heavy (non-hydrogen) atoms. The molecule has 0 saturated carbocycles. The first-order valence-electron chi connectivity index (χ1n) is 5.06. The Hall–Kier alpha value is -1.78. The molecule has 0 aromatic heterocycles. The van der Waals surface area contributed by atoms with Crippen LogP contribution in [-0.2, 0) is 9.53 Å². The number of ether oxygens (including phenoxy) is 1. The molecule has 0 aromatic rings. The summed E-state index contributed by atoms with van der Waals surface area (Å²) in [6.45, 7) is 5.50. The van der Waals surface area contributed by atoms with Gasteiger partial charge in [0.25, 0.3) is 0 Å². The topological polar surface area (TPSA) is 63.4 Å². The molecule has 0 atom stereocenters. The van der Waals surface area contributed by atoms with Crippen molar-refractivity contribution in [1.82, 2.24) is 0 Å². The van der Waals surface area contributed by atoms with Crippen molar-refractivity contribution in [2.75, 3.05) is 0 Å². The van der Waals surface area contributed by atoms with Gasteiger partial charge in [-0.15, -0.1) is 0 Å². The smallest absolute Gasteiger partial charge is 0.336 e. The lowest BCUT2D eigenvalue weighted by Gasteiger charge is -2.21. The highest BCUT2D eigenvalue weighted by atomic mass is 16.6. The minimum atomic E-state index is -0.490. The van der Waals surface area contributed by atoms with E-state index in [1.54, 1.807) is 6.21 Å². The highest BCUT2D eigenvalue weighted by Gasteiger charge is 2.25. The van der Waals surface area contributed by atoms with Crippen LogP contribution in [-0.4, -0.2) is 29.2 Å². The minimum absolute atomic E-state index is 0.343. The molecule has 0 spiro atoms. The molecular formula is C11H13N3O2. The van der Waals surface area contributed by atoms with Crippen molar-refractivity contribution in [3.8, 4) is 0 Å². The SMILES string of the molecule is CC(C)(C)OC(=O)C1=CN=C2C=NN=C2C1. The Bertz CT molecular complexity index is 450. The number of carbonyl (C=O) groups is 1. The predicted molar refractivity (Wildman–Crippen MR) is 61.9 cm³/mol. The molecule has 0 saturated heterocycles. The summed E-state index contributed by atoms with van der Waals surface area (Å²) in [6, 6.07) is 0. The van der Waals surface area contributed by atoms with E-state index in [4.69, 9.17) is 4.74 Å². The molecule has 0 bridgehead atoms. The molecule has 84 valence electrons. The van der Waals surface area contributed by atoms with Crippen LogP contribution < -0.4 is 0 Å². The lowest BCUT2D eigenvalue weighted by molar-refractivity contribution is -0.149. The third-order valence-electron chi connectivity index (χ3n) is 2.03. The maximum Gasteiger partial charge on any atom is 0.336 e. The summed E-state index contributed by atoms with van der Waals surface area (Å²) in [5.41, 5.74) is 1.48. The summed E-state index contributed by atoms with van der Waals surface area (Å²) in [5, 5.41) is 7.64. The van der Waals surface area contributed by atoms with Gasteiger partial charge in [-0.2, -0.15) is 10.2 Å². The Morgan fingerprint density at radius 1 is 1.44 bits per heavy atom. The van der Waals surface area contributed by atoms with Gasteiger partial charge >= 0.3 is 5.97 Å². The maximum atomic E-state index is 11.7. The van der Waals surface area contributed by atoms with Gasteiger partial charge in [0.15, 0.2) is 0 Å². The Kier molecular flexibility index (Phi) is 2.46. The van der Waals surface area contributed by atoms with Gasteiger partial charge in [0.1, 0.15) is 11.3 Å². The first kappa shape index (κ1) is 10.7. The average molecular weight is 219 g/mol. The van der Waals surface area contributed by atoms with E-state index in [1.807, 2.05) is 20.8 Å². The van der Waals surface area contributed by atoms with E-state index in [0.717, 1.165) is 11.4 Å². The number of hydrogen-bond acceptors (Lipinski definition) is 5. The largest absolute Gasteiger partial charge is 0.457 e. The Morgan fingerprint density at radius 3 is 2.88 bits per heavy atom. The van der Waals surface area contributed by atoms with Gasteiger partial charge in [0, 0.05) is 12.6 Å². The molecule has 0 unspecified atom stereocenters. The molecule has 0 aliphatic carbocycles. The minimum Gasteiger partial charge on any atom is -0.457 e. The molecular weight excluding hydrogens is 206 g/mol. The third-order valence-corrected chi connectivity index (χ3v) is 2.03. The quantitative estimate of drug-likeness (QED) is 0.627. The Labute approximate surface area is 93.6 Å². The fourth-order valence-corrected chi connectivity index (χ4v) is 1.35. The summed E-state index contributed by atoms with van der Waals surface area (Å²) in [4.78, 5) is 15.8. The van der Waals surface area contributed by atoms with Crippen molar-refractivity contribution in [2.45, 2.75) is 32.8 Å². The normalized spacial score (nSPS) is 18.6. The number of aliphatic imine (C=N–C) groups is 1. The molecule has 2 aliphatic heterocycles. The molecule has 2 rings (SSSR count). The van der Waals surface area contributed by atoms with Crippen LogP contribution in [0.15, 0.2) is 27.0 Å². The van der Waals surface area contributed by atoms with Crippen LogP contribution in [0, 0.1) is 0 Å². The Balaban J connectivity index is 2.11. The zero-order valence-corrected chi connectivity index (χ0v) is 9.52. The number of esters is 1. The monoisotopic (exact) mass is 219 g/mol. The van der Waals surface area contributed by atoms with Gasteiger partial charge in [-0.3, -0.25) is 4.99 Å². The Morgan fingerprint density at radius 2 is 2.19 bits per heavy atom. The van der Waals surface area contributed by atoms with Crippen LogP contribution >= 0.6 is 0 Å². The predicted octanol–water partition coefficient (Wildman–Crippen LogP) is 1.50. The number of nitrogens with zero attached hydrogens (tertiary/aromatic N) is 3. The summed E-state index contributed by atoms with van der Waals surface area (Å²) in [7, 11) is 0. The highest BCUT2D eigenvalue weighted by Crippen LogP contribution is 2.18. The van der Waals surface area contributed by atoms with Crippen molar-refractivity contribution < 1.29 is 9.53 Å². The van der Waals surface area contributed by atoms with Crippen molar-refractivity contribution in [2.24, 2.45) is 15.2 Å². The molecule has 5 nitrogen and oxygen atoms in total. The number of hydrogen-bond donors (Lipinski definition) is 0. The first-order chi connectivity index (χ1) is 7.46. The van der Waals surface area contributed by atoms with Crippen LogP contribution in [0.1, 0.15) is 27.2 Å². The van der Waals surface area contributed by atoms with Gasteiger partial charge in [0.05, 0.1) is 17.5 Å². The third kappa shape index (κ3) is 2.24. The van der Waals surface area contributed by atoms with Crippen LogP contribution in [0.3, 0.4) is 0 Å². The van der Waals surface area contributed by atoms with E-state index in [-0.39, 0.29) is 5.97 Å². The summed E-state index contributed by atoms with van der Waals surface area (Å²) >= 11 is 0. The fraction of sp³-hybridized carbons (Fsp3) is 0.455. The van der Waals surface area contributed by atoms with Crippen molar-refractivity contribution in [1.29, 1.82) is 0 Å². The second kappa shape index (κ2) is 3.66. The molecule has 0 fully saturated rings. The van der Waals surface area contributed by atoms with E-state index in [2.05, 4.69) is 15.2 Å². The van der Waals surface area contributed by atoms with Crippen molar-refractivity contribution >= 4 is 23.6 Å². The van der Waals surface area contributed by atoms with Gasteiger partial charge in [0.2, 0.25) is 0 Å². The molecule has 2 heterocycles. The van der Waals surface area contributed by atoms with Crippen LogP contribution in [0.4, 0.5) is 0 Å². The number of fused-ring (bicyclic) bond motifs is 1. The second-order valence-electron chi connectivity index (χ2n) is 4.64. The molecule has 0 amide bonds. The zero-order valence-electron chi connectivity index (χ0n) is 9.52. The van der Waals surface area contributed by atoms with E-state index in [1.165, 1.54) is 6.20 Å². The van der Waals surface area contributed by atoms with E-state index in [0.29, 0.717) is 12.0 Å². The van der Waals surface area contributed by atoms with Crippen LogP contribution in [0.25, 0.3) is 0 Å². The van der Waals surface area contributed by atoms with Gasteiger partial charge in [-0.25, -0.2) is 4.79 Å². The second-order valence-corrected chi connectivity index (χ2v) is 4.64. The lowest BCUT2D eigenvalue weighted by atomic mass is 10.0. The van der Waals surface area contributed by atoms with Gasteiger partial charge in [-0.1, -0.05) is 0 Å². The number of carbonyl (C=O) groups excluding carboxylic acids is 1. The highest BCUT2D eigenvalue weighted by molar-refractivity contribution is 6.65. The van der Waals surface area contributed by atoms with Gasteiger partial charge in [-0.05, 0) is 20.8 Å². The first-order valence-corrected chi connectivity index (χ1v) is 5.06. The average Bonchev–Trinajstić information content (AvgIpc) is 2.61. The maximum absolute atomic E-state index is 11.7. The van der Waals surface area contributed by atoms with E-state index >= 15 is 0 Å². The molecule has 0 aromatic carbocycles. The summed E-state index contributed by atoms with van der Waals surface area (Å²) in [6.07, 6.45) is 3.55. The standard InChI is InChI=1S/C11H13N3O2/c1-11(2,3)16-10(15)7-4-8-9(12-5-7)6-13-14-8/h5-6H,4H2,1-3H3. The van der Waals surface area contributed by atoms with Gasteiger partial charge < -0.3 is 4.74 Å². The number of rotatable bonds is 1. The fourth-order valence-electron chi connectivity index (χ4n) is 1.35. The van der Waals surface area contributed by atoms with Crippen LogP contribution in [0.2, 0.25) is 0 Å². The van der Waals surface area contributed by atoms with E-state index < -0.39 is 5.60 Å². The molecule has 0 N–H and O–H groups in total.